The molecular weight excluding hydrogens is 375 g/mol. The SMILES string of the molecule is COc1ccc(OCC(=O)N(Cc2ccc(F)cc2)[C@H](C)C(=O)NC(C)C)cc1. The molecule has 0 aromatic heterocycles. The molecule has 0 aliphatic carbocycles. The van der Waals surface area contributed by atoms with Gasteiger partial charge in [0.1, 0.15) is 23.4 Å². The maximum absolute atomic E-state index is 13.2. The molecule has 2 rings (SSSR count). The van der Waals surface area contributed by atoms with Crippen molar-refractivity contribution in [2.45, 2.75) is 39.4 Å². The Morgan fingerprint density at radius 3 is 2.14 bits per heavy atom. The van der Waals surface area contributed by atoms with Crippen molar-refractivity contribution in [1.29, 1.82) is 0 Å². The molecule has 0 spiro atoms. The van der Waals surface area contributed by atoms with Gasteiger partial charge in [-0.3, -0.25) is 9.59 Å². The number of ether oxygens (including phenoxy) is 2. The van der Waals surface area contributed by atoms with E-state index in [0.29, 0.717) is 17.1 Å². The van der Waals surface area contributed by atoms with Crippen molar-refractivity contribution in [2.75, 3.05) is 13.7 Å². The zero-order valence-electron chi connectivity index (χ0n) is 17.1. The van der Waals surface area contributed by atoms with Crippen LogP contribution in [0.15, 0.2) is 48.5 Å². The van der Waals surface area contributed by atoms with E-state index in [9.17, 15) is 14.0 Å². The van der Waals surface area contributed by atoms with Gasteiger partial charge in [-0.15, -0.1) is 0 Å². The first kappa shape index (κ1) is 22.2. The maximum Gasteiger partial charge on any atom is 0.261 e. The third kappa shape index (κ3) is 6.78. The Hall–Kier alpha value is -3.09. The smallest absolute Gasteiger partial charge is 0.261 e. The van der Waals surface area contributed by atoms with Gasteiger partial charge in [0.15, 0.2) is 6.61 Å². The number of benzene rings is 2. The van der Waals surface area contributed by atoms with E-state index in [1.54, 1.807) is 50.4 Å². The molecule has 7 heteroatoms. The highest BCUT2D eigenvalue weighted by Gasteiger charge is 2.26. The van der Waals surface area contributed by atoms with Crippen molar-refractivity contribution in [2.24, 2.45) is 0 Å². The molecule has 0 radical (unpaired) electrons. The molecule has 0 bridgehead atoms. The monoisotopic (exact) mass is 402 g/mol. The van der Waals surface area contributed by atoms with Gasteiger partial charge in [0.05, 0.1) is 7.11 Å². The van der Waals surface area contributed by atoms with Crippen LogP contribution >= 0.6 is 0 Å². The number of methoxy groups -OCH3 is 1. The molecule has 156 valence electrons. The average Bonchev–Trinajstić information content (AvgIpc) is 2.71. The van der Waals surface area contributed by atoms with E-state index < -0.39 is 6.04 Å². The summed E-state index contributed by atoms with van der Waals surface area (Å²) in [5.41, 5.74) is 0.716. The molecule has 2 amide bonds. The van der Waals surface area contributed by atoms with Crippen molar-refractivity contribution in [3.8, 4) is 11.5 Å². The third-order valence-electron chi connectivity index (χ3n) is 4.29. The molecule has 0 fully saturated rings. The van der Waals surface area contributed by atoms with Crippen LogP contribution in [0.4, 0.5) is 4.39 Å². The zero-order valence-corrected chi connectivity index (χ0v) is 17.1. The molecule has 0 aliphatic rings. The number of nitrogens with zero attached hydrogens (tertiary/aromatic N) is 1. The Labute approximate surface area is 170 Å². The second kappa shape index (κ2) is 10.5. The second-order valence-electron chi connectivity index (χ2n) is 6.95. The van der Waals surface area contributed by atoms with Gasteiger partial charge in [-0.25, -0.2) is 4.39 Å². The van der Waals surface area contributed by atoms with Crippen LogP contribution in [0.5, 0.6) is 11.5 Å². The summed E-state index contributed by atoms with van der Waals surface area (Å²) in [7, 11) is 1.57. The standard InChI is InChI=1S/C22H27FN2O4/c1-15(2)24-22(27)16(3)25(13-17-5-7-18(23)8-6-17)21(26)14-29-20-11-9-19(28-4)10-12-20/h5-12,15-16H,13-14H2,1-4H3,(H,24,27)/t16-/m1/s1. The van der Waals surface area contributed by atoms with Gasteiger partial charge in [0.25, 0.3) is 5.91 Å². The molecule has 2 aromatic rings. The molecule has 0 heterocycles. The lowest BCUT2D eigenvalue weighted by atomic mass is 10.1. The lowest BCUT2D eigenvalue weighted by Gasteiger charge is -2.29. The number of amides is 2. The molecular formula is C22H27FN2O4. The summed E-state index contributed by atoms with van der Waals surface area (Å²) in [6.45, 7) is 5.30. The minimum Gasteiger partial charge on any atom is -0.497 e. The van der Waals surface area contributed by atoms with Gasteiger partial charge in [-0.2, -0.15) is 0 Å². The van der Waals surface area contributed by atoms with E-state index in [0.717, 1.165) is 0 Å². The van der Waals surface area contributed by atoms with Gasteiger partial charge in [0, 0.05) is 12.6 Å². The topological polar surface area (TPSA) is 67.9 Å². The van der Waals surface area contributed by atoms with Crippen LogP contribution in [-0.4, -0.2) is 42.5 Å². The van der Waals surface area contributed by atoms with E-state index in [2.05, 4.69) is 5.32 Å². The fourth-order valence-corrected chi connectivity index (χ4v) is 2.67. The zero-order chi connectivity index (χ0) is 21.4. The first-order chi connectivity index (χ1) is 13.8. The lowest BCUT2D eigenvalue weighted by Crippen LogP contribution is -2.50. The second-order valence-corrected chi connectivity index (χ2v) is 6.95. The fraction of sp³-hybridized carbons (Fsp3) is 0.364. The minimum atomic E-state index is -0.713. The maximum atomic E-state index is 13.2. The largest absolute Gasteiger partial charge is 0.497 e. The molecule has 1 N–H and O–H groups in total. The van der Waals surface area contributed by atoms with Crippen molar-refractivity contribution in [3.63, 3.8) is 0 Å². The first-order valence-electron chi connectivity index (χ1n) is 9.41. The number of halogens is 1. The highest BCUT2D eigenvalue weighted by Crippen LogP contribution is 2.18. The van der Waals surface area contributed by atoms with Crippen LogP contribution in [0.25, 0.3) is 0 Å². The Morgan fingerprint density at radius 1 is 1.00 bits per heavy atom. The number of nitrogens with one attached hydrogen (secondary N) is 1. The molecule has 0 unspecified atom stereocenters. The van der Waals surface area contributed by atoms with E-state index >= 15 is 0 Å². The highest BCUT2D eigenvalue weighted by molar-refractivity contribution is 5.88. The molecule has 0 aliphatic heterocycles. The van der Waals surface area contributed by atoms with E-state index in [1.807, 2.05) is 13.8 Å². The summed E-state index contributed by atoms with van der Waals surface area (Å²) in [5.74, 6) is 0.220. The number of hydrogen-bond acceptors (Lipinski definition) is 4. The lowest BCUT2D eigenvalue weighted by molar-refractivity contribution is -0.142. The Morgan fingerprint density at radius 2 is 1.59 bits per heavy atom. The number of carbonyl (C=O) groups is 2. The number of carbonyl (C=O) groups excluding carboxylic acids is 2. The summed E-state index contributed by atoms with van der Waals surface area (Å²) < 4.78 is 23.9. The number of hydrogen-bond donors (Lipinski definition) is 1. The summed E-state index contributed by atoms with van der Waals surface area (Å²) >= 11 is 0. The molecule has 0 saturated carbocycles. The van der Waals surface area contributed by atoms with Gasteiger partial charge in [-0.05, 0) is 62.7 Å². The fourth-order valence-electron chi connectivity index (χ4n) is 2.67. The molecule has 1 atom stereocenters. The van der Waals surface area contributed by atoms with Crippen LogP contribution in [0, 0.1) is 5.82 Å². The van der Waals surface area contributed by atoms with Crippen LogP contribution in [0.2, 0.25) is 0 Å². The predicted molar refractivity (Wildman–Crippen MR) is 108 cm³/mol. The Kier molecular flexibility index (Phi) is 8.00. The van der Waals surface area contributed by atoms with E-state index in [1.165, 1.54) is 17.0 Å². The molecule has 6 nitrogen and oxygen atoms in total. The minimum absolute atomic E-state index is 0.0525. The van der Waals surface area contributed by atoms with Crippen LogP contribution in [0.1, 0.15) is 26.3 Å². The highest BCUT2D eigenvalue weighted by atomic mass is 19.1. The van der Waals surface area contributed by atoms with Crippen LogP contribution < -0.4 is 14.8 Å². The van der Waals surface area contributed by atoms with Crippen LogP contribution in [0.3, 0.4) is 0 Å². The number of rotatable bonds is 9. The summed E-state index contributed by atoms with van der Waals surface area (Å²) in [4.78, 5) is 26.8. The normalized spacial score (nSPS) is 11.7. The van der Waals surface area contributed by atoms with E-state index in [4.69, 9.17) is 9.47 Å². The quantitative estimate of drug-likeness (QED) is 0.700. The summed E-state index contributed by atoms with van der Waals surface area (Å²) in [5, 5.41) is 2.81. The first-order valence-corrected chi connectivity index (χ1v) is 9.41. The van der Waals surface area contributed by atoms with Gasteiger partial charge < -0.3 is 19.7 Å². The Balaban J connectivity index is 2.11. The average molecular weight is 402 g/mol. The predicted octanol–water partition coefficient (Wildman–Crippen LogP) is 3.16. The molecule has 29 heavy (non-hydrogen) atoms. The van der Waals surface area contributed by atoms with Crippen molar-refractivity contribution in [1.82, 2.24) is 10.2 Å². The Bertz CT molecular complexity index is 807. The van der Waals surface area contributed by atoms with Gasteiger partial charge >= 0.3 is 0 Å². The van der Waals surface area contributed by atoms with Crippen molar-refractivity contribution >= 4 is 11.8 Å². The van der Waals surface area contributed by atoms with Gasteiger partial charge in [0.2, 0.25) is 5.91 Å². The molecule has 2 aromatic carbocycles. The summed E-state index contributed by atoms with van der Waals surface area (Å²) in [6.07, 6.45) is 0. The third-order valence-corrected chi connectivity index (χ3v) is 4.29. The molecule has 0 saturated heterocycles. The van der Waals surface area contributed by atoms with Gasteiger partial charge in [-0.1, -0.05) is 12.1 Å². The van der Waals surface area contributed by atoms with Crippen LogP contribution in [-0.2, 0) is 16.1 Å². The van der Waals surface area contributed by atoms with Crippen molar-refractivity contribution in [3.05, 3.63) is 59.9 Å². The summed E-state index contributed by atoms with van der Waals surface area (Å²) in [6, 6.07) is 11.9. The van der Waals surface area contributed by atoms with E-state index in [-0.39, 0.29) is 36.8 Å². The van der Waals surface area contributed by atoms with Crippen molar-refractivity contribution < 1.29 is 23.5 Å².